The number of hydrogen-bond donors (Lipinski definition) is 1. The number of aryl methyl sites for hydroxylation is 1. The molecule has 2 N–H and O–H groups in total. The molecule has 0 radical (unpaired) electrons. The number of aromatic nitrogens is 5. The average molecular weight is 601 g/mol. The van der Waals surface area contributed by atoms with Gasteiger partial charge in [0.1, 0.15) is 28.4 Å². The first kappa shape index (κ1) is 27.5. The van der Waals surface area contributed by atoms with Crippen LogP contribution in [0.1, 0.15) is 38.1 Å². The van der Waals surface area contributed by atoms with Crippen molar-refractivity contribution >= 4 is 62.1 Å². The van der Waals surface area contributed by atoms with E-state index in [0.717, 1.165) is 43.6 Å². The lowest BCUT2D eigenvalue weighted by molar-refractivity contribution is 0.244. The summed E-state index contributed by atoms with van der Waals surface area (Å²) in [6.07, 6.45) is 1.51. The second kappa shape index (κ2) is 10.6. The van der Waals surface area contributed by atoms with Crippen LogP contribution in [0.25, 0.3) is 38.2 Å². The van der Waals surface area contributed by atoms with Gasteiger partial charge in [0.2, 0.25) is 0 Å². The topological polar surface area (TPSA) is 100 Å². The van der Waals surface area contributed by atoms with Gasteiger partial charge in [0.25, 0.3) is 5.56 Å². The predicted molar refractivity (Wildman–Crippen MR) is 175 cm³/mol. The van der Waals surface area contributed by atoms with Crippen molar-refractivity contribution in [2.75, 3.05) is 5.73 Å². The van der Waals surface area contributed by atoms with Crippen molar-refractivity contribution in [3.63, 3.8) is 0 Å². The van der Waals surface area contributed by atoms with Crippen LogP contribution in [0, 0.1) is 6.92 Å². The van der Waals surface area contributed by atoms with Crippen LogP contribution in [0.15, 0.2) is 65.0 Å². The van der Waals surface area contributed by atoms with Crippen LogP contribution in [0.2, 0.25) is 0 Å². The van der Waals surface area contributed by atoms with Gasteiger partial charge in [0.05, 0.1) is 23.1 Å². The number of nitrogen functional groups attached to an aromatic ring is 1. The highest BCUT2D eigenvalue weighted by molar-refractivity contribution is 7.27. The van der Waals surface area contributed by atoms with Gasteiger partial charge in [-0.05, 0) is 74.5 Å². The number of pyridine rings is 1. The van der Waals surface area contributed by atoms with E-state index in [4.69, 9.17) is 15.6 Å². The number of benzene rings is 2. The van der Waals surface area contributed by atoms with Crippen LogP contribution in [0.4, 0.5) is 5.82 Å². The largest absolute Gasteiger partial charge is 0.490 e. The third kappa shape index (κ3) is 4.82. The summed E-state index contributed by atoms with van der Waals surface area (Å²) < 4.78 is 9.56. The van der Waals surface area contributed by atoms with E-state index >= 15 is 0 Å². The van der Waals surface area contributed by atoms with E-state index < -0.39 is 0 Å². The molecular formula is C30H30N6O2P2S. The fraction of sp³-hybridized carbons (Fsp3) is 0.200. The lowest BCUT2D eigenvalue weighted by Gasteiger charge is -2.18. The Hall–Kier alpha value is -3.64. The summed E-state index contributed by atoms with van der Waals surface area (Å²) in [5.41, 5.74) is 11.8. The van der Waals surface area contributed by atoms with E-state index in [9.17, 15) is 4.79 Å². The molecule has 0 aliphatic rings. The molecular weight excluding hydrogens is 570 g/mol. The molecule has 6 rings (SSSR count). The van der Waals surface area contributed by atoms with Crippen molar-refractivity contribution in [1.29, 1.82) is 0 Å². The molecule has 208 valence electrons. The second-order valence-electron chi connectivity index (χ2n) is 10.3. The van der Waals surface area contributed by atoms with Crippen LogP contribution in [-0.2, 0) is 0 Å². The molecule has 4 heterocycles. The quantitative estimate of drug-likeness (QED) is 0.267. The molecule has 0 amide bonds. The number of anilines is 1. The number of nitrogens with two attached hydrogens (primary N) is 1. The monoisotopic (exact) mass is 600 g/mol. The Kier molecular flexibility index (Phi) is 7.14. The maximum absolute atomic E-state index is 14.0. The van der Waals surface area contributed by atoms with Crippen LogP contribution in [0.5, 0.6) is 5.75 Å². The van der Waals surface area contributed by atoms with Crippen LogP contribution < -0.4 is 26.6 Å². The van der Waals surface area contributed by atoms with Crippen molar-refractivity contribution in [3.05, 3.63) is 81.8 Å². The van der Waals surface area contributed by atoms with Crippen molar-refractivity contribution in [3.8, 4) is 28.1 Å². The summed E-state index contributed by atoms with van der Waals surface area (Å²) in [7, 11) is 5.46. The normalized spacial score (nSPS) is 12.5. The van der Waals surface area contributed by atoms with Gasteiger partial charge in [-0.25, -0.2) is 14.6 Å². The average Bonchev–Trinajstić information content (AvgIpc) is 3.51. The molecule has 6 aromatic rings. The number of ether oxygens (including phenoxy) is 1. The summed E-state index contributed by atoms with van der Waals surface area (Å²) in [6, 6.07) is 15.6. The molecule has 41 heavy (non-hydrogen) atoms. The van der Waals surface area contributed by atoms with E-state index in [2.05, 4.69) is 34.5 Å². The van der Waals surface area contributed by atoms with Crippen LogP contribution in [0.3, 0.4) is 0 Å². The SMILES string of the molecule is Cc1csc2cc([C@H](C)n3nc(-c4ccc(OC(C)C)c(P)c4)c4c(N)ncnc43)c(-c3cccc(P)c3)c(=O)n12. The highest BCUT2D eigenvalue weighted by Gasteiger charge is 2.26. The van der Waals surface area contributed by atoms with Crippen molar-refractivity contribution < 1.29 is 4.74 Å². The molecule has 0 aliphatic heterocycles. The Morgan fingerprint density at radius 1 is 1.02 bits per heavy atom. The van der Waals surface area contributed by atoms with Gasteiger partial charge < -0.3 is 10.5 Å². The molecule has 0 saturated carbocycles. The zero-order valence-electron chi connectivity index (χ0n) is 23.1. The smallest absolute Gasteiger partial charge is 0.264 e. The number of nitrogens with zero attached hydrogens (tertiary/aromatic N) is 5. The van der Waals surface area contributed by atoms with Crippen molar-refractivity contribution in [2.45, 2.75) is 39.8 Å². The number of thiazole rings is 1. The van der Waals surface area contributed by atoms with Crippen LogP contribution in [-0.4, -0.2) is 30.3 Å². The molecule has 0 aliphatic carbocycles. The Morgan fingerprint density at radius 3 is 2.56 bits per heavy atom. The highest BCUT2D eigenvalue weighted by atomic mass is 32.1. The summed E-state index contributed by atoms with van der Waals surface area (Å²) in [5, 5.41) is 9.65. The predicted octanol–water partition coefficient (Wildman–Crippen LogP) is 5.12. The minimum atomic E-state index is -0.345. The fourth-order valence-corrected chi connectivity index (χ4v) is 6.75. The summed E-state index contributed by atoms with van der Waals surface area (Å²) in [6.45, 7) is 7.98. The minimum Gasteiger partial charge on any atom is -0.490 e. The standard InChI is InChI=1S/C30H30N6O2P2S/c1-15(2)38-22-9-8-19(11-23(22)40)27-26-28(31)32-14-33-29(26)36(34-27)17(4)21-12-24-35(16(3)13-41-24)30(37)25(21)18-6-5-7-20(39)10-18/h5-15,17H,39-40H2,1-4H3,(H2,31,32,33)/t17-/m0/s1. The zero-order chi connectivity index (χ0) is 29.0. The first-order chi connectivity index (χ1) is 19.6. The zero-order valence-corrected chi connectivity index (χ0v) is 26.2. The van der Waals surface area contributed by atoms with E-state index in [-0.39, 0.29) is 17.7 Å². The molecule has 3 atom stereocenters. The first-order valence-corrected chi connectivity index (χ1v) is 15.2. The van der Waals surface area contributed by atoms with Gasteiger partial charge in [-0.2, -0.15) is 5.10 Å². The number of fused-ring (bicyclic) bond motifs is 2. The maximum Gasteiger partial charge on any atom is 0.264 e. The van der Waals surface area contributed by atoms with E-state index in [0.29, 0.717) is 28.1 Å². The molecule has 11 heteroatoms. The Balaban J connectivity index is 1.59. The Labute approximate surface area is 246 Å². The summed E-state index contributed by atoms with van der Waals surface area (Å²) >= 11 is 1.55. The van der Waals surface area contributed by atoms with Gasteiger partial charge in [-0.3, -0.25) is 9.20 Å². The second-order valence-corrected chi connectivity index (χ2v) is 12.5. The molecule has 0 spiro atoms. The highest BCUT2D eigenvalue weighted by Crippen LogP contribution is 2.36. The Bertz CT molecular complexity index is 2010. The first-order valence-electron chi connectivity index (χ1n) is 13.2. The molecule has 0 saturated heterocycles. The molecule has 0 fully saturated rings. The van der Waals surface area contributed by atoms with E-state index in [1.807, 2.05) is 80.2 Å². The number of rotatable bonds is 6. The maximum atomic E-state index is 14.0. The van der Waals surface area contributed by atoms with Crippen molar-refractivity contribution in [2.24, 2.45) is 0 Å². The van der Waals surface area contributed by atoms with Gasteiger partial charge in [0.15, 0.2) is 5.65 Å². The van der Waals surface area contributed by atoms with Gasteiger partial charge in [-0.15, -0.1) is 29.8 Å². The van der Waals surface area contributed by atoms with Crippen LogP contribution >= 0.6 is 29.8 Å². The number of hydrogen-bond acceptors (Lipinski definition) is 7. The van der Waals surface area contributed by atoms with E-state index in [1.165, 1.54) is 6.33 Å². The van der Waals surface area contributed by atoms with Gasteiger partial charge >= 0.3 is 0 Å². The summed E-state index contributed by atoms with van der Waals surface area (Å²) in [4.78, 5) is 23.8. The van der Waals surface area contributed by atoms with Gasteiger partial charge in [-0.1, -0.05) is 18.2 Å². The Morgan fingerprint density at radius 2 is 1.83 bits per heavy atom. The summed E-state index contributed by atoms with van der Waals surface area (Å²) in [5.74, 6) is 1.13. The molecule has 8 nitrogen and oxygen atoms in total. The fourth-order valence-electron chi connectivity index (χ4n) is 5.19. The molecule has 2 unspecified atom stereocenters. The third-order valence-corrected chi connectivity index (χ3v) is 8.88. The molecule has 2 aromatic carbocycles. The lowest BCUT2D eigenvalue weighted by atomic mass is 9.97. The lowest BCUT2D eigenvalue weighted by Crippen LogP contribution is -2.21. The minimum absolute atomic E-state index is 0.0554. The van der Waals surface area contributed by atoms with Crippen molar-refractivity contribution in [1.82, 2.24) is 24.1 Å². The van der Waals surface area contributed by atoms with E-state index in [1.54, 1.807) is 15.7 Å². The molecule has 0 bridgehead atoms. The van der Waals surface area contributed by atoms with Gasteiger partial charge in [0, 0.05) is 21.9 Å². The molecule has 4 aromatic heterocycles. The third-order valence-electron chi connectivity index (χ3n) is 7.06.